The molecular formula is C14H24O7S. The van der Waals surface area contributed by atoms with Gasteiger partial charge in [-0.05, 0) is 20.8 Å². The van der Waals surface area contributed by atoms with E-state index in [2.05, 4.69) is 0 Å². The van der Waals surface area contributed by atoms with E-state index in [9.17, 15) is 19.5 Å². The number of esters is 2. The van der Waals surface area contributed by atoms with Gasteiger partial charge in [-0.3, -0.25) is 14.4 Å². The lowest BCUT2D eigenvalue weighted by Crippen LogP contribution is -2.30. The van der Waals surface area contributed by atoms with Crippen LogP contribution in [0.5, 0.6) is 0 Å². The fraction of sp³-hybridized carbons (Fsp3) is 0.786. The van der Waals surface area contributed by atoms with Crippen molar-refractivity contribution in [2.75, 3.05) is 24.7 Å². The first-order valence-corrected chi connectivity index (χ1v) is 8.01. The third-order valence-corrected chi connectivity index (χ3v) is 3.64. The molecule has 0 radical (unpaired) electrons. The summed E-state index contributed by atoms with van der Waals surface area (Å²) in [5.74, 6) is -2.15. The molecule has 22 heavy (non-hydrogen) atoms. The summed E-state index contributed by atoms with van der Waals surface area (Å²) in [6.45, 7) is 6.11. The molecule has 0 saturated carbocycles. The van der Waals surface area contributed by atoms with E-state index in [4.69, 9.17) is 14.6 Å². The van der Waals surface area contributed by atoms with Crippen molar-refractivity contribution in [1.29, 1.82) is 0 Å². The SMILES string of the molecule is CC(CSCC(=O)OCC(O)COC(=O)C(C)(C)C)C(=O)O. The van der Waals surface area contributed by atoms with Crippen LogP contribution < -0.4 is 0 Å². The molecule has 0 amide bonds. The van der Waals surface area contributed by atoms with Gasteiger partial charge in [0, 0.05) is 5.75 Å². The summed E-state index contributed by atoms with van der Waals surface area (Å²) in [5.41, 5.74) is -0.659. The molecule has 7 nitrogen and oxygen atoms in total. The maximum absolute atomic E-state index is 11.5. The van der Waals surface area contributed by atoms with Gasteiger partial charge in [-0.15, -0.1) is 11.8 Å². The molecule has 0 aromatic carbocycles. The minimum Gasteiger partial charge on any atom is -0.481 e. The van der Waals surface area contributed by atoms with Gasteiger partial charge >= 0.3 is 17.9 Å². The Morgan fingerprint density at radius 1 is 1.14 bits per heavy atom. The lowest BCUT2D eigenvalue weighted by molar-refractivity contribution is -0.158. The van der Waals surface area contributed by atoms with Gasteiger partial charge in [0.2, 0.25) is 0 Å². The Morgan fingerprint density at radius 3 is 2.18 bits per heavy atom. The summed E-state index contributed by atoms with van der Waals surface area (Å²) in [6.07, 6.45) is -1.09. The van der Waals surface area contributed by atoms with Crippen molar-refractivity contribution in [1.82, 2.24) is 0 Å². The third-order valence-electron chi connectivity index (χ3n) is 2.47. The molecule has 0 aromatic rings. The number of carbonyl (C=O) groups excluding carboxylic acids is 2. The van der Waals surface area contributed by atoms with E-state index < -0.39 is 35.3 Å². The number of carboxylic acids is 1. The van der Waals surface area contributed by atoms with Crippen molar-refractivity contribution in [3.05, 3.63) is 0 Å². The first kappa shape index (κ1) is 20.7. The van der Waals surface area contributed by atoms with Gasteiger partial charge in [0.05, 0.1) is 17.1 Å². The highest BCUT2D eigenvalue weighted by molar-refractivity contribution is 7.99. The Balaban J connectivity index is 3.82. The van der Waals surface area contributed by atoms with E-state index in [-0.39, 0.29) is 19.0 Å². The predicted octanol–water partition coefficient (Wildman–Crippen LogP) is 0.934. The van der Waals surface area contributed by atoms with Crippen LogP contribution in [-0.4, -0.2) is 58.9 Å². The number of aliphatic carboxylic acids is 1. The maximum atomic E-state index is 11.5. The Labute approximate surface area is 134 Å². The quantitative estimate of drug-likeness (QED) is 0.598. The van der Waals surface area contributed by atoms with Gasteiger partial charge in [-0.25, -0.2) is 0 Å². The van der Waals surface area contributed by atoms with Crippen LogP contribution in [0.3, 0.4) is 0 Å². The number of rotatable bonds is 9. The van der Waals surface area contributed by atoms with Crippen LogP contribution in [0.4, 0.5) is 0 Å². The number of carboxylic acid groups (broad SMARTS) is 1. The summed E-state index contributed by atoms with van der Waals surface area (Å²) < 4.78 is 9.70. The molecule has 0 spiro atoms. The zero-order chi connectivity index (χ0) is 17.3. The van der Waals surface area contributed by atoms with E-state index in [0.29, 0.717) is 5.75 Å². The highest BCUT2D eigenvalue weighted by atomic mass is 32.2. The van der Waals surface area contributed by atoms with Gasteiger partial charge in [-0.1, -0.05) is 6.92 Å². The van der Waals surface area contributed by atoms with Crippen LogP contribution in [0.25, 0.3) is 0 Å². The standard InChI is InChI=1S/C14H24O7S/c1-9(12(17)18)7-22-8-11(16)20-5-10(15)6-21-13(19)14(2,3)4/h9-10,15H,5-8H2,1-4H3,(H,17,18). The van der Waals surface area contributed by atoms with Crippen molar-refractivity contribution in [3.63, 3.8) is 0 Å². The van der Waals surface area contributed by atoms with E-state index in [1.165, 1.54) is 0 Å². The van der Waals surface area contributed by atoms with E-state index in [0.717, 1.165) is 11.8 Å². The lowest BCUT2D eigenvalue weighted by atomic mass is 9.97. The number of thioether (sulfide) groups is 1. The molecule has 0 aliphatic carbocycles. The molecular weight excluding hydrogens is 312 g/mol. The topological polar surface area (TPSA) is 110 Å². The number of hydrogen-bond donors (Lipinski definition) is 2. The first-order valence-electron chi connectivity index (χ1n) is 6.85. The number of ether oxygens (including phenoxy) is 2. The molecule has 128 valence electrons. The second-order valence-electron chi connectivity index (χ2n) is 5.94. The Bertz CT molecular complexity index is 389. The minimum atomic E-state index is -1.09. The number of carbonyl (C=O) groups is 3. The minimum absolute atomic E-state index is 0.00607. The molecule has 0 heterocycles. The zero-order valence-electron chi connectivity index (χ0n) is 13.3. The first-order chi connectivity index (χ1) is 10.0. The maximum Gasteiger partial charge on any atom is 0.315 e. The van der Waals surface area contributed by atoms with Gasteiger partial charge in [0.15, 0.2) is 0 Å². The Kier molecular flexibility index (Phi) is 9.12. The van der Waals surface area contributed by atoms with E-state index in [1.807, 2.05) is 0 Å². The molecule has 0 rings (SSSR count). The van der Waals surface area contributed by atoms with Gasteiger partial charge in [0.1, 0.15) is 19.3 Å². The summed E-state index contributed by atoms with van der Waals surface area (Å²) in [6, 6.07) is 0. The van der Waals surface area contributed by atoms with Gasteiger partial charge < -0.3 is 19.7 Å². The summed E-state index contributed by atoms with van der Waals surface area (Å²) >= 11 is 1.15. The molecule has 2 unspecified atom stereocenters. The number of aliphatic hydroxyl groups excluding tert-OH is 1. The largest absolute Gasteiger partial charge is 0.481 e. The van der Waals surface area contributed by atoms with Crippen molar-refractivity contribution >= 4 is 29.7 Å². The van der Waals surface area contributed by atoms with Gasteiger partial charge in [-0.2, -0.15) is 0 Å². The highest BCUT2D eigenvalue weighted by Crippen LogP contribution is 2.15. The molecule has 0 aliphatic rings. The van der Waals surface area contributed by atoms with E-state index >= 15 is 0 Å². The normalized spacial score (nSPS) is 14.0. The smallest absolute Gasteiger partial charge is 0.315 e. The highest BCUT2D eigenvalue weighted by Gasteiger charge is 2.24. The number of hydrogen-bond acceptors (Lipinski definition) is 7. The monoisotopic (exact) mass is 336 g/mol. The molecule has 0 aliphatic heterocycles. The van der Waals surface area contributed by atoms with Crippen LogP contribution in [0, 0.1) is 11.3 Å². The number of aliphatic hydroxyl groups is 1. The summed E-state index contributed by atoms with van der Waals surface area (Å²) in [7, 11) is 0. The Morgan fingerprint density at radius 2 is 1.68 bits per heavy atom. The zero-order valence-corrected chi connectivity index (χ0v) is 14.1. The van der Waals surface area contributed by atoms with Crippen LogP contribution >= 0.6 is 11.8 Å². The fourth-order valence-electron chi connectivity index (χ4n) is 1.06. The summed E-state index contributed by atoms with van der Waals surface area (Å²) in [4.78, 5) is 33.4. The molecule has 2 atom stereocenters. The molecule has 0 aromatic heterocycles. The van der Waals surface area contributed by atoms with Crippen molar-refractivity contribution in [3.8, 4) is 0 Å². The molecule has 2 N–H and O–H groups in total. The molecule has 0 saturated heterocycles. The second kappa shape index (κ2) is 9.68. The predicted molar refractivity (Wildman–Crippen MR) is 81.5 cm³/mol. The lowest BCUT2D eigenvalue weighted by Gasteiger charge is -2.18. The molecule has 0 bridgehead atoms. The van der Waals surface area contributed by atoms with E-state index in [1.54, 1.807) is 27.7 Å². The van der Waals surface area contributed by atoms with Crippen LogP contribution in [0.2, 0.25) is 0 Å². The summed E-state index contributed by atoms with van der Waals surface area (Å²) in [5, 5.41) is 18.2. The van der Waals surface area contributed by atoms with Crippen molar-refractivity contribution in [2.45, 2.75) is 33.8 Å². The Hall–Kier alpha value is -1.28. The average Bonchev–Trinajstić information content (AvgIpc) is 2.40. The average molecular weight is 336 g/mol. The molecule has 8 heteroatoms. The van der Waals surface area contributed by atoms with Crippen molar-refractivity contribution < 1.29 is 34.1 Å². The second-order valence-corrected chi connectivity index (χ2v) is 6.97. The molecule has 0 fully saturated rings. The van der Waals surface area contributed by atoms with Crippen LogP contribution in [0.1, 0.15) is 27.7 Å². The van der Waals surface area contributed by atoms with Crippen LogP contribution in [0.15, 0.2) is 0 Å². The third kappa shape index (κ3) is 9.62. The van der Waals surface area contributed by atoms with Crippen molar-refractivity contribution in [2.24, 2.45) is 11.3 Å². The van der Waals surface area contributed by atoms with Crippen LogP contribution in [-0.2, 0) is 23.9 Å². The van der Waals surface area contributed by atoms with Gasteiger partial charge in [0.25, 0.3) is 0 Å². The fourth-order valence-corrected chi connectivity index (χ4v) is 1.92.